The molecule has 2 unspecified atom stereocenters. The normalized spacial score (nSPS) is 15.9. The third-order valence-corrected chi connectivity index (χ3v) is 12.6. The molecule has 270 valence electrons. The van der Waals surface area contributed by atoms with E-state index in [9.17, 15) is 0 Å². The predicted molar refractivity (Wildman–Crippen MR) is 238 cm³/mol. The predicted octanol–water partition coefficient (Wildman–Crippen LogP) is 13.1. The summed E-state index contributed by atoms with van der Waals surface area (Å²) in [6.45, 7) is 0. The van der Waals surface area contributed by atoms with Crippen LogP contribution in [0.4, 0.5) is 0 Å². The van der Waals surface area contributed by atoms with Crippen LogP contribution < -0.4 is 10.6 Å². The number of nitrogens with zero attached hydrogens (tertiary/aromatic N) is 2. The van der Waals surface area contributed by atoms with Crippen LogP contribution >= 0.6 is 11.3 Å². The van der Waals surface area contributed by atoms with Gasteiger partial charge in [0.25, 0.3) is 0 Å². The molecule has 12 rings (SSSR count). The van der Waals surface area contributed by atoms with Crippen LogP contribution in [0.2, 0.25) is 0 Å². The van der Waals surface area contributed by atoms with Crippen LogP contribution in [0, 0.1) is 0 Å². The number of hydrogen-bond donors (Lipinski definition) is 2. The maximum absolute atomic E-state index is 6.54. The maximum atomic E-state index is 6.54. The van der Waals surface area contributed by atoms with Gasteiger partial charge in [0, 0.05) is 53.0 Å². The number of fused-ring (bicyclic) bond motifs is 9. The zero-order valence-corrected chi connectivity index (χ0v) is 31.5. The van der Waals surface area contributed by atoms with E-state index in [0.29, 0.717) is 0 Å². The molecule has 2 atom stereocenters. The fourth-order valence-corrected chi connectivity index (χ4v) is 9.78. The van der Waals surface area contributed by atoms with E-state index in [-0.39, 0.29) is 12.3 Å². The molecule has 0 amide bonds. The SMILES string of the molecule is c1ccc(C2=NC(c3ccccc3)NC(c3ccc4sc5ccc(-c6ccc7c(c6)oc6ccc(-n8c9ccccc9c9ccccc98)cc67)cc5c4c3)N2)cc1. The van der Waals surface area contributed by atoms with E-state index in [4.69, 9.17) is 9.41 Å². The molecule has 4 heterocycles. The summed E-state index contributed by atoms with van der Waals surface area (Å²) in [7, 11) is 0. The monoisotopic (exact) mass is 750 g/mol. The number of thiophene rings is 1. The number of aromatic nitrogens is 1. The van der Waals surface area contributed by atoms with Gasteiger partial charge in [-0.05, 0) is 89.0 Å². The second-order valence-electron chi connectivity index (χ2n) is 14.8. The summed E-state index contributed by atoms with van der Waals surface area (Å²) in [5.74, 6) is 0.884. The molecule has 0 saturated heterocycles. The lowest BCUT2D eigenvalue weighted by Gasteiger charge is -2.32. The third kappa shape index (κ3) is 5.30. The zero-order valence-electron chi connectivity index (χ0n) is 30.7. The van der Waals surface area contributed by atoms with Crippen LogP contribution in [0.5, 0.6) is 0 Å². The van der Waals surface area contributed by atoms with E-state index >= 15 is 0 Å². The molecule has 0 spiro atoms. The highest BCUT2D eigenvalue weighted by atomic mass is 32.1. The van der Waals surface area contributed by atoms with Gasteiger partial charge in [-0.1, -0.05) is 115 Å². The molecule has 1 aliphatic heterocycles. The standard InChI is InChI=1S/C51H34N4OS/c1-3-11-31(12-4-1)49-52-50(32-13-5-2-6-14-32)54-51(53-49)35-21-26-48-42(28-35)41-27-33(20-25-47(41)57-48)34-19-23-39-40-30-36(22-24-45(40)56-46(39)29-34)55-43-17-9-7-15-37(43)38-16-8-10-18-44(38)55/h1-30,49,51,53H,(H,52,54). The quantitative estimate of drug-likeness (QED) is 0.184. The van der Waals surface area contributed by atoms with Gasteiger partial charge in [0.2, 0.25) is 0 Å². The Morgan fingerprint density at radius 2 is 1.14 bits per heavy atom. The van der Waals surface area contributed by atoms with E-state index in [2.05, 4.69) is 185 Å². The first-order valence-corrected chi connectivity index (χ1v) is 20.2. The Balaban J connectivity index is 0.915. The van der Waals surface area contributed by atoms with Crippen molar-refractivity contribution in [3.8, 4) is 16.8 Å². The van der Waals surface area contributed by atoms with E-state index in [1.165, 1.54) is 47.5 Å². The first-order chi connectivity index (χ1) is 28.2. The molecule has 1 aliphatic rings. The first kappa shape index (κ1) is 32.3. The molecule has 6 heteroatoms. The van der Waals surface area contributed by atoms with Gasteiger partial charge in [-0.2, -0.15) is 0 Å². The summed E-state index contributed by atoms with van der Waals surface area (Å²) in [6.07, 6.45) is -0.306. The van der Waals surface area contributed by atoms with Crippen LogP contribution in [0.25, 0.3) is 80.7 Å². The van der Waals surface area contributed by atoms with Crippen molar-refractivity contribution in [2.75, 3.05) is 0 Å². The minimum Gasteiger partial charge on any atom is -0.456 e. The highest BCUT2D eigenvalue weighted by molar-refractivity contribution is 7.25. The van der Waals surface area contributed by atoms with Crippen LogP contribution in [-0.2, 0) is 0 Å². The fourth-order valence-electron chi connectivity index (χ4n) is 8.72. The van der Waals surface area contributed by atoms with Crippen LogP contribution in [0.1, 0.15) is 29.0 Å². The minimum absolute atomic E-state index is 0.128. The Bertz CT molecular complexity index is 3320. The van der Waals surface area contributed by atoms with E-state index in [1.54, 1.807) is 0 Å². The van der Waals surface area contributed by atoms with Gasteiger partial charge in [-0.15, -0.1) is 11.3 Å². The van der Waals surface area contributed by atoms with Crippen molar-refractivity contribution in [2.45, 2.75) is 12.3 Å². The molecule has 0 fully saturated rings. The largest absolute Gasteiger partial charge is 0.456 e. The number of para-hydroxylation sites is 2. The molecular weight excluding hydrogens is 717 g/mol. The molecule has 11 aromatic rings. The lowest BCUT2D eigenvalue weighted by atomic mass is 10.00. The number of amidine groups is 1. The molecule has 0 bridgehead atoms. The van der Waals surface area contributed by atoms with Gasteiger partial charge in [0.1, 0.15) is 29.3 Å². The smallest absolute Gasteiger partial charge is 0.136 e. The molecule has 57 heavy (non-hydrogen) atoms. The van der Waals surface area contributed by atoms with Crippen molar-refractivity contribution in [3.63, 3.8) is 0 Å². The van der Waals surface area contributed by atoms with E-state index < -0.39 is 0 Å². The lowest BCUT2D eigenvalue weighted by Crippen LogP contribution is -2.44. The lowest BCUT2D eigenvalue weighted by molar-refractivity contribution is 0.409. The highest BCUT2D eigenvalue weighted by Crippen LogP contribution is 2.40. The number of benzene rings is 8. The number of aliphatic imine (C=N–C) groups is 1. The van der Waals surface area contributed by atoms with Gasteiger partial charge in [-0.3, -0.25) is 5.32 Å². The average Bonchev–Trinajstić information content (AvgIpc) is 3.95. The van der Waals surface area contributed by atoms with Crippen molar-refractivity contribution >= 4 is 81.1 Å². The van der Waals surface area contributed by atoms with Crippen molar-refractivity contribution in [3.05, 3.63) is 199 Å². The van der Waals surface area contributed by atoms with Crippen molar-refractivity contribution in [2.24, 2.45) is 4.99 Å². The molecule has 2 N–H and O–H groups in total. The van der Waals surface area contributed by atoms with E-state index in [1.807, 2.05) is 23.5 Å². The fraction of sp³-hybridized carbons (Fsp3) is 0.0392. The number of hydrogen-bond acceptors (Lipinski definition) is 5. The van der Waals surface area contributed by atoms with Gasteiger partial charge in [0.15, 0.2) is 0 Å². The molecule has 8 aromatic carbocycles. The molecular formula is C51H34N4OS. The summed E-state index contributed by atoms with van der Waals surface area (Å²) in [4.78, 5) is 5.11. The van der Waals surface area contributed by atoms with Crippen LogP contribution in [-0.4, -0.2) is 10.4 Å². The topological polar surface area (TPSA) is 54.5 Å². The Morgan fingerprint density at radius 1 is 0.474 bits per heavy atom. The Labute approximate surface area is 332 Å². The molecule has 0 saturated carbocycles. The van der Waals surface area contributed by atoms with Gasteiger partial charge in [0.05, 0.1) is 11.0 Å². The zero-order chi connectivity index (χ0) is 37.5. The van der Waals surface area contributed by atoms with Crippen LogP contribution in [0.15, 0.2) is 191 Å². The Kier molecular flexibility index (Phi) is 7.24. The second kappa shape index (κ2) is 12.8. The average molecular weight is 751 g/mol. The molecule has 0 radical (unpaired) electrons. The maximum Gasteiger partial charge on any atom is 0.136 e. The summed E-state index contributed by atoms with van der Waals surface area (Å²) >= 11 is 1.84. The highest BCUT2D eigenvalue weighted by Gasteiger charge is 2.26. The van der Waals surface area contributed by atoms with Gasteiger partial charge < -0.3 is 14.3 Å². The van der Waals surface area contributed by atoms with Gasteiger partial charge >= 0.3 is 0 Å². The molecule has 5 nitrogen and oxygen atoms in total. The Morgan fingerprint density at radius 3 is 1.93 bits per heavy atom. The number of furan rings is 1. The van der Waals surface area contributed by atoms with Crippen molar-refractivity contribution < 1.29 is 4.42 Å². The summed E-state index contributed by atoms with van der Waals surface area (Å²) in [6, 6.07) is 65.0. The second-order valence-corrected chi connectivity index (χ2v) is 15.9. The number of nitrogens with one attached hydrogen (secondary N) is 2. The minimum atomic E-state index is -0.178. The molecule has 3 aromatic heterocycles. The molecule has 0 aliphatic carbocycles. The Hall–Kier alpha value is -6.99. The first-order valence-electron chi connectivity index (χ1n) is 19.3. The summed E-state index contributed by atoms with van der Waals surface area (Å²) in [5, 5.41) is 14.7. The van der Waals surface area contributed by atoms with Gasteiger partial charge in [-0.25, -0.2) is 4.99 Å². The van der Waals surface area contributed by atoms with Crippen LogP contribution in [0.3, 0.4) is 0 Å². The summed E-state index contributed by atoms with van der Waals surface area (Å²) in [5.41, 5.74) is 11.0. The van der Waals surface area contributed by atoms with Crippen molar-refractivity contribution in [1.82, 2.24) is 15.2 Å². The summed E-state index contributed by atoms with van der Waals surface area (Å²) < 4.78 is 11.4. The third-order valence-electron chi connectivity index (χ3n) is 11.5. The van der Waals surface area contributed by atoms with Crippen molar-refractivity contribution in [1.29, 1.82) is 0 Å². The number of rotatable bonds is 5. The van der Waals surface area contributed by atoms with E-state index in [0.717, 1.165) is 55.7 Å².